The van der Waals surface area contributed by atoms with Crippen molar-refractivity contribution in [1.82, 2.24) is 9.38 Å². The molecular formula is C11H6BrClN2. The number of nitrogens with zero attached hydrogens (tertiary/aromatic N) is 2. The molecule has 0 amide bonds. The first-order valence-corrected chi connectivity index (χ1v) is 5.64. The molecule has 2 heterocycles. The summed E-state index contributed by atoms with van der Waals surface area (Å²) in [6, 6.07) is 9.83. The van der Waals surface area contributed by atoms with E-state index in [2.05, 4.69) is 20.9 Å². The molecule has 1 aromatic carbocycles. The summed E-state index contributed by atoms with van der Waals surface area (Å²) >= 11 is 9.42. The van der Waals surface area contributed by atoms with Crippen LogP contribution in [-0.4, -0.2) is 9.38 Å². The molecule has 0 unspecified atom stereocenters. The number of benzene rings is 1. The van der Waals surface area contributed by atoms with Crippen LogP contribution in [0.5, 0.6) is 0 Å². The van der Waals surface area contributed by atoms with Crippen LogP contribution in [0.2, 0.25) is 5.02 Å². The van der Waals surface area contributed by atoms with Gasteiger partial charge in [-0.3, -0.25) is 4.40 Å². The number of aromatic nitrogens is 2. The van der Waals surface area contributed by atoms with E-state index in [0.717, 1.165) is 26.2 Å². The van der Waals surface area contributed by atoms with Gasteiger partial charge in [0.2, 0.25) is 0 Å². The third-order valence-electron chi connectivity index (χ3n) is 2.39. The Labute approximate surface area is 99.6 Å². The van der Waals surface area contributed by atoms with E-state index in [9.17, 15) is 0 Å². The normalized spacial score (nSPS) is 11.3. The lowest BCUT2D eigenvalue weighted by Crippen LogP contribution is -1.87. The summed E-state index contributed by atoms with van der Waals surface area (Å²) < 4.78 is 3.00. The minimum absolute atomic E-state index is 0.748. The van der Waals surface area contributed by atoms with Crippen molar-refractivity contribution in [2.75, 3.05) is 0 Å². The van der Waals surface area contributed by atoms with Crippen molar-refractivity contribution in [1.29, 1.82) is 0 Å². The summed E-state index contributed by atoms with van der Waals surface area (Å²) in [4.78, 5) is 4.27. The van der Waals surface area contributed by atoms with Crippen molar-refractivity contribution >= 4 is 44.1 Å². The minimum Gasteiger partial charge on any atom is -0.287 e. The van der Waals surface area contributed by atoms with E-state index in [1.807, 2.05) is 34.7 Å². The van der Waals surface area contributed by atoms with Crippen molar-refractivity contribution in [3.8, 4) is 0 Å². The predicted molar refractivity (Wildman–Crippen MR) is 65.4 cm³/mol. The lowest BCUT2D eigenvalue weighted by molar-refractivity contribution is 1.22. The summed E-state index contributed by atoms with van der Waals surface area (Å²) in [7, 11) is 0. The maximum Gasteiger partial charge on any atom is 0.138 e. The summed E-state index contributed by atoms with van der Waals surface area (Å²) in [5.41, 5.74) is 2.03. The topological polar surface area (TPSA) is 17.3 Å². The molecule has 0 aliphatic rings. The molecule has 0 fully saturated rings. The van der Waals surface area contributed by atoms with Gasteiger partial charge in [0.05, 0.1) is 11.7 Å². The van der Waals surface area contributed by atoms with Crippen molar-refractivity contribution in [3.63, 3.8) is 0 Å². The average Bonchev–Trinajstić information content (AvgIpc) is 2.60. The zero-order valence-corrected chi connectivity index (χ0v) is 9.96. The molecule has 0 bridgehead atoms. The highest BCUT2D eigenvalue weighted by molar-refractivity contribution is 9.10. The van der Waals surface area contributed by atoms with E-state index in [1.54, 1.807) is 6.20 Å². The maximum absolute atomic E-state index is 5.95. The van der Waals surface area contributed by atoms with Crippen LogP contribution in [0.15, 0.2) is 41.1 Å². The van der Waals surface area contributed by atoms with E-state index >= 15 is 0 Å². The van der Waals surface area contributed by atoms with Crippen LogP contribution in [0.1, 0.15) is 0 Å². The van der Waals surface area contributed by atoms with E-state index in [-0.39, 0.29) is 0 Å². The van der Waals surface area contributed by atoms with Gasteiger partial charge in [0.15, 0.2) is 0 Å². The van der Waals surface area contributed by atoms with Crippen LogP contribution in [-0.2, 0) is 0 Å². The van der Waals surface area contributed by atoms with E-state index in [4.69, 9.17) is 11.6 Å². The molecule has 4 heteroatoms. The van der Waals surface area contributed by atoms with Crippen LogP contribution in [0.4, 0.5) is 0 Å². The fourth-order valence-electron chi connectivity index (χ4n) is 1.73. The molecule has 15 heavy (non-hydrogen) atoms. The van der Waals surface area contributed by atoms with Crippen LogP contribution < -0.4 is 0 Å². The summed E-state index contributed by atoms with van der Waals surface area (Å²) in [5.74, 6) is 0. The largest absolute Gasteiger partial charge is 0.287 e. The Balaban J connectivity index is 2.58. The first-order valence-electron chi connectivity index (χ1n) is 4.47. The Morgan fingerprint density at radius 3 is 2.93 bits per heavy atom. The van der Waals surface area contributed by atoms with Crippen LogP contribution >= 0.6 is 27.5 Å². The van der Waals surface area contributed by atoms with Crippen LogP contribution in [0, 0.1) is 0 Å². The number of rotatable bonds is 0. The second-order valence-corrected chi connectivity index (χ2v) is 4.56. The molecule has 0 saturated carbocycles. The highest BCUT2D eigenvalue weighted by atomic mass is 79.9. The number of pyridine rings is 1. The second kappa shape index (κ2) is 3.22. The average molecular weight is 282 g/mol. The van der Waals surface area contributed by atoms with Gasteiger partial charge in [-0.2, -0.15) is 0 Å². The molecular weight excluding hydrogens is 275 g/mol. The van der Waals surface area contributed by atoms with Crippen molar-refractivity contribution in [3.05, 3.63) is 46.2 Å². The molecule has 0 atom stereocenters. The Morgan fingerprint density at radius 2 is 2.07 bits per heavy atom. The Kier molecular flexibility index (Phi) is 1.97. The molecule has 0 N–H and O–H groups in total. The minimum atomic E-state index is 0.748. The smallest absolute Gasteiger partial charge is 0.138 e. The Hall–Kier alpha value is -1.06. The fourth-order valence-corrected chi connectivity index (χ4v) is 2.38. The number of imidazole rings is 1. The Morgan fingerprint density at radius 1 is 1.20 bits per heavy atom. The van der Waals surface area contributed by atoms with Gasteiger partial charge in [0, 0.05) is 10.4 Å². The zero-order chi connectivity index (χ0) is 10.4. The highest BCUT2D eigenvalue weighted by Crippen LogP contribution is 2.23. The summed E-state index contributed by atoms with van der Waals surface area (Å²) in [5, 5.41) is 1.85. The standard InChI is InChI=1S/C11H6BrClN2/c12-10-6-14-11-4-1-7-5-8(13)2-3-9(7)15(10)11/h1-6H. The molecule has 0 aliphatic carbocycles. The maximum atomic E-state index is 5.95. The van der Waals surface area contributed by atoms with Crippen LogP contribution in [0.25, 0.3) is 16.6 Å². The second-order valence-electron chi connectivity index (χ2n) is 3.31. The van der Waals surface area contributed by atoms with E-state index < -0.39 is 0 Å². The van der Waals surface area contributed by atoms with Gasteiger partial charge in [0.1, 0.15) is 10.3 Å². The van der Waals surface area contributed by atoms with Crippen molar-refractivity contribution in [2.45, 2.75) is 0 Å². The van der Waals surface area contributed by atoms with Gasteiger partial charge in [-0.1, -0.05) is 11.6 Å². The first kappa shape index (κ1) is 9.19. The highest BCUT2D eigenvalue weighted by Gasteiger charge is 2.04. The van der Waals surface area contributed by atoms with E-state index in [0.29, 0.717) is 0 Å². The Bertz CT molecular complexity index is 660. The summed E-state index contributed by atoms with van der Waals surface area (Å²) in [6.45, 7) is 0. The molecule has 3 rings (SSSR count). The lowest BCUT2D eigenvalue weighted by Gasteiger charge is -2.03. The van der Waals surface area contributed by atoms with Gasteiger partial charge in [-0.05, 0) is 46.3 Å². The first-order chi connectivity index (χ1) is 7.25. The number of hydrogen-bond donors (Lipinski definition) is 0. The molecule has 3 aromatic rings. The fraction of sp³-hybridized carbons (Fsp3) is 0. The van der Waals surface area contributed by atoms with Gasteiger partial charge >= 0.3 is 0 Å². The van der Waals surface area contributed by atoms with Crippen LogP contribution in [0.3, 0.4) is 0 Å². The van der Waals surface area contributed by atoms with E-state index in [1.165, 1.54) is 0 Å². The molecule has 2 nitrogen and oxygen atoms in total. The van der Waals surface area contributed by atoms with Gasteiger partial charge in [-0.25, -0.2) is 4.98 Å². The summed E-state index contributed by atoms with van der Waals surface area (Å²) in [6.07, 6.45) is 1.80. The third kappa shape index (κ3) is 1.34. The van der Waals surface area contributed by atoms with Crippen molar-refractivity contribution < 1.29 is 0 Å². The molecule has 0 radical (unpaired) electrons. The monoisotopic (exact) mass is 280 g/mol. The molecule has 2 aromatic heterocycles. The third-order valence-corrected chi connectivity index (χ3v) is 3.18. The quantitative estimate of drug-likeness (QED) is 0.611. The molecule has 0 spiro atoms. The predicted octanol–water partition coefficient (Wildman–Crippen LogP) is 3.90. The SMILES string of the molecule is Clc1ccc2c(ccc3ncc(Br)n32)c1. The molecule has 74 valence electrons. The molecule has 0 aliphatic heterocycles. The van der Waals surface area contributed by atoms with Gasteiger partial charge in [0.25, 0.3) is 0 Å². The molecule has 0 saturated heterocycles. The number of halogens is 2. The number of fused-ring (bicyclic) bond motifs is 3. The van der Waals surface area contributed by atoms with Gasteiger partial charge in [-0.15, -0.1) is 0 Å². The lowest BCUT2D eigenvalue weighted by atomic mass is 10.2. The number of hydrogen-bond acceptors (Lipinski definition) is 1. The van der Waals surface area contributed by atoms with Gasteiger partial charge < -0.3 is 0 Å². The van der Waals surface area contributed by atoms with Crippen molar-refractivity contribution in [2.24, 2.45) is 0 Å². The zero-order valence-electron chi connectivity index (χ0n) is 7.61.